The molecule has 1 saturated heterocycles. The molecule has 2 aliphatic rings. The van der Waals surface area contributed by atoms with Crippen molar-refractivity contribution in [3.8, 4) is 11.5 Å². The van der Waals surface area contributed by atoms with E-state index in [1.807, 2.05) is 36.4 Å². The van der Waals surface area contributed by atoms with Crippen LogP contribution in [0.1, 0.15) is 29.6 Å². The normalized spacial score (nSPS) is 16.4. The van der Waals surface area contributed by atoms with Gasteiger partial charge in [0.15, 0.2) is 11.5 Å². The number of rotatable bonds is 3. The number of nitrogens with one attached hydrogen (secondary N) is 1. The van der Waals surface area contributed by atoms with E-state index in [-0.39, 0.29) is 5.91 Å². The van der Waals surface area contributed by atoms with Crippen LogP contribution in [0.5, 0.6) is 11.5 Å². The van der Waals surface area contributed by atoms with Crippen molar-refractivity contribution in [3.63, 3.8) is 0 Å². The van der Waals surface area contributed by atoms with E-state index in [4.69, 9.17) is 9.47 Å². The van der Waals surface area contributed by atoms with Crippen LogP contribution in [0.3, 0.4) is 0 Å². The molecule has 130 valence electrons. The van der Waals surface area contributed by atoms with Gasteiger partial charge in [-0.25, -0.2) is 0 Å². The summed E-state index contributed by atoms with van der Waals surface area (Å²) in [5.41, 5.74) is 2.54. The third kappa shape index (κ3) is 3.55. The van der Waals surface area contributed by atoms with Gasteiger partial charge in [0.1, 0.15) is 13.2 Å². The number of carbonyl (C=O) groups excluding carboxylic acids is 1. The molecule has 0 aromatic heterocycles. The van der Waals surface area contributed by atoms with Crippen LogP contribution in [-0.2, 0) is 0 Å². The van der Waals surface area contributed by atoms with Crippen LogP contribution < -0.4 is 19.7 Å². The molecule has 2 aromatic carbocycles. The molecule has 1 amide bonds. The van der Waals surface area contributed by atoms with E-state index in [0.717, 1.165) is 18.8 Å². The topological polar surface area (TPSA) is 50.8 Å². The number of piperidine rings is 1. The summed E-state index contributed by atoms with van der Waals surface area (Å²) < 4.78 is 11.0. The van der Waals surface area contributed by atoms with Crippen LogP contribution >= 0.6 is 0 Å². The van der Waals surface area contributed by atoms with Crippen LogP contribution in [0, 0.1) is 0 Å². The van der Waals surface area contributed by atoms with Gasteiger partial charge in [-0.15, -0.1) is 0 Å². The van der Waals surface area contributed by atoms with Crippen molar-refractivity contribution < 1.29 is 14.3 Å². The molecule has 5 heteroatoms. The number of ether oxygens (including phenoxy) is 2. The number of carbonyl (C=O) groups is 1. The smallest absolute Gasteiger partial charge is 0.255 e. The molecular formula is C20H22N2O3. The molecular weight excluding hydrogens is 316 g/mol. The maximum Gasteiger partial charge on any atom is 0.255 e. The second-order valence-corrected chi connectivity index (χ2v) is 6.41. The minimum atomic E-state index is -0.123. The van der Waals surface area contributed by atoms with Gasteiger partial charge in [-0.2, -0.15) is 0 Å². The maximum absolute atomic E-state index is 12.5. The average Bonchev–Trinajstić information content (AvgIpc) is 2.69. The van der Waals surface area contributed by atoms with E-state index < -0.39 is 0 Å². The SMILES string of the molecule is O=C(Nc1ccc2c(c1)OCCO2)c1ccc(N2CCCCC2)cc1. The molecule has 2 aromatic rings. The Labute approximate surface area is 147 Å². The molecule has 1 fully saturated rings. The monoisotopic (exact) mass is 338 g/mol. The molecule has 5 nitrogen and oxygen atoms in total. The number of hydrogen-bond donors (Lipinski definition) is 1. The number of nitrogens with zero attached hydrogens (tertiary/aromatic N) is 1. The summed E-state index contributed by atoms with van der Waals surface area (Å²) in [5.74, 6) is 1.27. The second-order valence-electron chi connectivity index (χ2n) is 6.41. The molecule has 0 unspecified atom stereocenters. The molecule has 0 bridgehead atoms. The Balaban J connectivity index is 1.44. The summed E-state index contributed by atoms with van der Waals surface area (Å²) in [4.78, 5) is 14.9. The minimum absolute atomic E-state index is 0.123. The molecule has 0 saturated carbocycles. The van der Waals surface area contributed by atoms with E-state index in [1.54, 1.807) is 6.07 Å². The molecule has 2 heterocycles. The second kappa shape index (κ2) is 7.05. The third-order valence-electron chi connectivity index (χ3n) is 4.65. The first kappa shape index (κ1) is 15.8. The van der Waals surface area contributed by atoms with Crippen molar-refractivity contribution in [1.82, 2.24) is 0 Å². The van der Waals surface area contributed by atoms with Crippen molar-refractivity contribution in [2.45, 2.75) is 19.3 Å². The predicted molar refractivity (Wildman–Crippen MR) is 97.9 cm³/mol. The van der Waals surface area contributed by atoms with Crippen LogP contribution in [0.4, 0.5) is 11.4 Å². The van der Waals surface area contributed by atoms with Gasteiger partial charge >= 0.3 is 0 Å². The van der Waals surface area contributed by atoms with Crippen molar-refractivity contribution in [2.75, 3.05) is 36.5 Å². The quantitative estimate of drug-likeness (QED) is 0.927. The van der Waals surface area contributed by atoms with Gasteiger partial charge in [0, 0.05) is 36.1 Å². The Morgan fingerprint density at radius 2 is 1.60 bits per heavy atom. The number of hydrogen-bond acceptors (Lipinski definition) is 4. The number of fused-ring (bicyclic) bond motifs is 1. The Bertz CT molecular complexity index is 752. The van der Waals surface area contributed by atoms with Gasteiger partial charge in [-0.05, 0) is 55.7 Å². The summed E-state index contributed by atoms with van der Waals surface area (Å²) >= 11 is 0. The van der Waals surface area contributed by atoms with Crippen LogP contribution in [0.15, 0.2) is 42.5 Å². The van der Waals surface area contributed by atoms with Gasteiger partial charge in [0.05, 0.1) is 0 Å². The first-order chi connectivity index (χ1) is 12.3. The number of anilines is 2. The molecule has 0 spiro atoms. The van der Waals surface area contributed by atoms with Gasteiger partial charge in [-0.3, -0.25) is 4.79 Å². The fourth-order valence-corrected chi connectivity index (χ4v) is 3.30. The zero-order valence-corrected chi connectivity index (χ0v) is 14.2. The first-order valence-electron chi connectivity index (χ1n) is 8.86. The fourth-order valence-electron chi connectivity index (χ4n) is 3.30. The zero-order chi connectivity index (χ0) is 17.1. The number of amides is 1. The van der Waals surface area contributed by atoms with Crippen LogP contribution in [0.25, 0.3) is 0 Å². The molecule has 2 aliphatic heterocycles. The third-order valence-corrected chi connectivity index (χ3v) is 4.65. The Hall–Kier alpha value is -2.69. The van der Waals surface area contributed by atoms with Gasteiger partial charge < -0.3 is 19.7 Å². The van der Waals surface area contributed by atoms with Gasteiger partial charge in [0.25, 0.3) is 5.91 Å². The summed E-state index contributed by atoms with van der Waals surface area (Å²) in [6.45, 7) is 3.29. The van der Waals surface area contributed by atoms with Crippen LogP contribution in [-0.4, -0.2) is 32.2 Å². The number of benzene rings is 2. The molecule has 0 radical (unpaired) electrons. The highest BCUT2D eigenvalue weighted by atomic mass is 16.6. The molecule has 0 aliphatic carbocycles. The lowest BCUT2D eigenvalue weighted by molar-refractivity contribution is 0.102. The first-order valence-corrected chi connectivity index (χ1v) is 8.86. The molecule has 1 N–H and O–H groups in total. The fraction of sp³-hybridized carbons (Fsp3) is 0.350. The van der Waals surface area contributed by atoms with Gasteiger partial charge in [-0.1, -0.05) is 0 Å². The van der Waals surface area contributed by atoms with Gasteiger partial charge in [0.2, 0.25) is 0 Å². The summed E-state index contributed by atoms with van der Waals surface area (Å²) in [7, 11) is 0. The highest BCUT2D eigenvalue weighted by Crippen LogP contribution is 2.32. The maximum atomic E-state index is 12.5. The standard InChI is InChI=1S/C20H22N2O3/c23-20(21-16-6-9-18-19(14-16)25-13-12-24-18)15-4-7-17(8-5-15)22-10-2-1-3-11-22/h4-9,14H,1-3,10-13H2,(H,21,23). The van der Waals surface area contributed by atoms with Crippen molar-refractivity contribution in [3.05, 3.63) is 48.0 Å². The summed E-state index contributed by atoms with van der Waals surface area (Å²) in [6, 6.07) is 13.3. The van der Waals surface area contributed by atoms with E-state index in [2.05, 4.69) is 10.2 Å². The van der Waals surface area contributed by atoms with E-state index in [0.29, 0.717) is 30.2 Å². The average molecular weight is 338 g/mol. The van der Waals surface area contributed by atoms with Crippen LogP contribution in [0.2, 0.25) is 0 Å². The summed E-state index contributed by atoms with van der Waals surface area (Å²) in [6.07, 6.45) is 3.80. The Morgan fingerprint density at radius 1 is 0.880 bits per heavy atom. The largest absolute Gasteiger partial charge is 0.486 e. The van der Waals surface area contributed by atoms with Crippen molar-refractivity contribution in [2.24, 2.45) is 0 Å². The zero-order valence-electron chi connectivity index (χ0n) is 14.2. The van der Waals surface area contributed by atoms with E-state index >= 15 is 0 Å². The minimum Gasteiger partial charge on any atom is -0.486 e. The highest BCUT2D eigenvalue weighted by Gasteiger charge is 2.14. The Kier molecular flexibility index (Phi) is 4.46. The lowest BCUT2D eigenvalue weighted by atomic mass is 10.1. The highest BCUT2D eigenvalue weighted by molar-refractivity contribution is 6.04. The predicted octanol–water partition coefficient (Wildman–Crippen LogP) is 3.70. The van der Waals surface area contributed by atoms with Crippen molar-refractivity contribution in [1.29, 1.82) is 0 Å². The lowest BCUT2D eigenvalue weighted by Gasteiger charge is -2.28. The van der Waals surface area contributed by atoms with Crippen molar-refractivity contribution >= 4 is 17.3 Å². The molecule has 25 heavy (non-hydrogen) atoms. The molecule has 0 atom stereocenters. The molecule has 4 rings (SSSR count). The Morgan fingerprint density at radius 3 is 2.36 bits per heavy atom. The van der Waals surface area contributed by atoms with E-state index in [1.165, 1.54) is 24.9 Å². The van der Waals surface area contributed by atoms with E-state index in [9.17, 15) is 4.79 Å². The lowest BCUT2D eigenvalue weighted by Crippen LogP contribution is -2.29. The summed E-state index contributed by atoms with van der Waals surface area (Å²) in [5, 5.41) is 2.92.